The summed E-state index contributed by atoms with van der Waals surface area (Å²) in [5.74, 6) is 0.323. The first-order valence-corrected chi connectivity index (χ1v) is 5.84. The summed E-state index contributed by atoms with van der Waals surface area (Å²) in [4.78, 5) is 5.68. The number of aromatic hydroxyl groups is 1. The molecule has 0 spiro atoms. The molecule has 84 valence electrons. The zero-order chi connectivity index (χ0) is 11.0. The Morgan fingerprint density at radius 2 is 2.19 bits per heavy atom. The van der Waals surface area contributed by atoms with Gasteiger partial charge in [0.25, 0.3) is 0 Å². The van der Waals surface area contributed by atoms with E-state index in [1.54, 1.807) is 12.1 Å². The van der Waals surface area contributed by atoms with E-state index in [2.05, 4.69) is 16.1 Å². The third-order valence-electron chi connectivity index (χ3n) is 3.40. The van der Waals surface area contributed by atoms with Gasteiger partial charge < -0.3 is 15.0 Å². The SMILES string of the molecule is Oc1ccc2c(CCN3CCC3)c[nH]c2c1. The molecule has 0 unspecified atom stereocenters. The lowest BCUT2D eigenvalue weighted by atomic mass is 10.1. The van der Waals surface area contributed by atoms with Gasteiger partial charge in [-0.05, 0) is 43.6 Å². The highest BCUT2D eigenvalue weighted by atomic mass is 16.3. The van der Waals surface area contributed by atoms with E-state index in [1.165, 1.54) is 30.5 Å². The van der Waals surface area contributed by atoms with Crippen molar-refractivity contribution in [3.8, 4) is 5.75 Å². The van der Waals surface area contributed by atoms with E-state index in [4.69, 9.17) is 0 Å². The Bertz CT molecular complexity index is 500. The average Bonchev–Trinajstić information content (AvgIpc) is 2.58. The number of hydrogen-bond acceptors (Lipinski definition) is 2. The van der Waals surface area contributed by atoms with Crippen molar-refractivity contribution in [2.75, 3.05) is 19.6 Å². The third-order valence-corrected chi connectivity index (χ3v) is 3.40. The molecule has 1 saturated heterocycles. The van der Waals surface area contributed by atoms with Crippen molar-refractivity contribution in [1.82, 2.24) is 9.88 Å². The second-order valence-electron chi connectivity index (χ2n) is 4.49. The van der Waals surface area contributed by atoms with E-state index in [1.807, 2.05) is 6.07 Å². The van der Waals surface area contributed by atoms with Crippen LogP contribution in [0.2, 0.25) is 0 Å². The molecule has 3 rings (SSSR count). The summed E-state index contributed by atoms with van der Waals surface area (Å²) >= 11 is 0. The highest BCUT2D eigenvalue weighted by molar-refractivity contribution is 5.84. The molecule has 0 saturated carbocycles. The van der Waals surface area contributed by atoms with E-state index >= 15 is 0 Å². The number of phenolic OH excluding ortho intramolecular Hbond substituents is 1. The Balaban J connectivity index is 1.80. The maximum absolute atomic E-state index is 9.38. The number of likely N-dealkylation sites (tertiary alicyclic amines) is 1. The molecule has 0 amide bonds. The van der Waals surface area contributed by atoms with E-state index in [-0.39, 0.29) is 0 Å². The second kappa shape index (κ2) is 3.83. The molecular formula is C13H16N2O. The smallest absolute Gasteiger partial charge is 0.117 e. The number of H-pyrrole nitrogens is 1. The largest absolute Gasteiger partial charge is 0.508 e. The molecule has 2 aromatic rings. The molecule has 1 aromatic carbocycles. The van der Waals surface area contributed by atoms with Gasteiger partial charge in [0, 0.05) is 29.7 Å². The summed E-state index contributed by atoms with van der Waals surface area (Å²) < 4.78 is 0. The summed E-state index contributed by atoms with van der Waals surface area (Å²) in [5, 5.41) is 10.6. The Hall–Kier alpha value is -1.48. The number of aromatic nitrogens is 1. The van der Waals surface area contributed by atoms with Crippen LogP contribution in [0.1, 0.15) is 12.0 Å². The van der Waals surface area contributed by atoms with E-state index in [0.717, 1.165) is 18.5 Å². The Kier molecular flexibility index (Phi) is 2.33. The monoisotopic (exact) mass is 216 g/mol. The van der Waals surface area contributed by atoms with Crippen LogP contribution in [0.3, 0.4) is 0 Å². The van der Waals surface area contributed by atoms with Crippen molar-refractivity contribution in [1.29, 1.82) is 0 Å². The molecule has 1 aromatic heterocycles. The minimum atomic E-state index is 0.323. The highest BCUT2D eigenvalue weighted by Gasteiger charge is 2.13. The molecule has 1 fully saturated rings. The summed E-state index contributed by atoms with van der Waals surface area (Å²) in [5.41, 5.74) is 2.38. The van der Waals surface area contributed by atoms with Crippen LogP contribution in [0.5, 0.6) is 5.75 Å². The molecule has 1 aliphatic rings. The first kappa shape index (κ1) is 9.73. The van der Waals surface area contributed by atoms with E-state index in [9.17, 15) is 5.11 Å². The number of rotatable bonds is 3. The number of nitrogens with one attached hydrogen (secondary N) is 1. The zero-order valence-electron chi connectivity index (χ0n) is 9.24. The van der Waals surface area contributed by atoms with Crippen LogP contribution in [0.4, 0.5) is 0 Å². The summed E-state index contributed by atoms with van der Waals surface area (Å²) in [6.45, 7) is 3.65. The number of hydrogen-bond donors (Lipinski definition) is 2. The summed E-state index contributed by atoms with van der Waals surface area (Å²) in [7, 11) is 0. The first-order valence-electron chi connectivity index (χ1n) is 5.84. The van der Waals surface area contributed by atoms with Crippen molar-refractivity contribution < 1.29 is 5.11 Å². The molecule has 2 heterocycles. The average molecular weight is 216 g/mol. The van der Waals surface area contributed by atoms with Crippen molar-refractivity contribution in [3.05, 3.63) is 30.0 Å². The zero-order valence-corrected chi connectivity index (χ0v) is 9.24. The second-order valence-corrected chi connectivity index (χ2v) is 4.49. The van der Waals surface area contributed by atoms with Crippen molar-refractivity contribution >= 4 is 10.9 Å². The van der Waals surface area contributed by atoms with Crippen LogP contribution in [0.25, 0.3) is 10.9 Å². The van der Waals surface area contributed by atoms with E-state index < -0.39 is 0 Å². The van der Waals surface area contributed by atoms with Gasteiger partial charge in [0.05, 0.1) is 0 Å². The predicted molar refractivity (Wildman–Crippen MR) is 64.7 cm³/mol. The molecule has 3 nitrogen and oxygen atoms in total. The molecule has 0 aliphatic carbocycles. The number of benzene rings is 1. The summed E-state index contributed by atoms with van der Waals surface area (Å²) in [6.07, 6.45) is 4.50. The van der Waals surface area contributed by atoms with Crippen molar-refractivity contribution in [2.24, 2.45) is 0 Å². The molecule has 0 radical (unpaired) electrons. The Morgan fingerprint density at radius 1 is 1.31 bits per heavy atom. The molecule has 3 heteroatoms. The number of aromatic amines is 1. The minimum absolute atomic E-state index is 0.323. The lowest BCUT2D eigenvalue weighted by Gasteiger charge is -2.30. The number of fused-ring (bicyclic) bond motifs is 1. The van der Waals surface area contributed by atoms with Gasteiger partial charge in [0.15, 0.2) is 0 Å². The Labute approximate surface area is 94.7 Å². The quantitative estimate of drug-likeness (QED) is 0.825. The Morgan fingerprint density at radius 3 is 2.94 bits per heavy atom. The molecular weight excluding hydrogens is 200 g/mol. The maximum atomic E-state index is 9.38. The van der Waals surface area contributed by atoms with Crippen LogP contribution >= 0.6 is 0 Å². The highest BCUT2D eigenvalue weighted by Crippen LogP contribution is 2.23. The topological polar surface area (TPSA) is 39.3 Å². The summed E-state index contributed by atoms with van der Waals surface area (Å²) in [6, 6.07) is 5.53. The van der Waals surface area contributed by atoms with Crippen LogP contribution < -0.4 is 0 Å². The predicted octanol–water partition coefficient (Wildman–Crippen LogP) is 2.12. The number of phenols is 1. The fraction of sp³-hybridized carbons (Fsp3) is 0.385. The van der Waals surface area contributed by atoms with Gasteiger partial charge in [-0.25, -0.2) is 0 Å². The van der Waals surface area contributed by atoms with Gasteiger partial charge in [0.1, 0.15) is 5.75 Å². The maximum Gasteiger partial charge on any atom is 0.117 e. The van der Waals surface area contributed by atoms with Gasteiger partial charge in [0.2, 0.25) is 0 Å². The minimum Gasteiger partial charge on any atom is -0.508 e. The van der Waals surface area contributed by atoms with Gasteiger partial charge >= 0.3 is 0 Å². The molecule has 0 bridgehead atoms. The van der Waals surface area contributed by atoms with Crippen LogP contribution in [0, 0.1) is 0 Å². The van der Waals surface area contributed by atoms with Crippen LogP contribution in [-0.4, -0.2) is 34.6 Å². The third kappa shape index (κ3) is 1.67. The molecule has 2 N–H and O–H groups in total. The normalized spacial score (nSPS) is 16.5. The lowest BCUT2D eigenvalue weighted by Crippen LogP contribution is -2.38. The van der Waals surface area contributed by atoms with Crippen LogP contribution in [-0.2, 0) is 6.42 Å². The van der Waals surface area contributed by atoms with E-state index in [0.29, 0.717) is 5.75 Å². The standard InChI is InChI=1S/C13H16N2O/c16-11-2-3-12-10(9-14-13(12)8-11)4-7-15-5-1-6-15/h2-3,8-9,14,16H,1,4-7H2. The molecule has 16 heavy (non-hydrogen) atoms. The fourth-order valence-corrected chi connectivity index (χ4v) is 2.27. The van der Waals surface area contributed by atoms with Crippen molar-refractivity contribution in [2.45, 2.75) is 12.8 Å². The number of nitrogens with zero attached hydrogens (tertiary/aromatic N) is 1. The molecule has 1 aliphatic heterocycles. The first-order chi connectivity index (χ1) is 7.83. The van der Waals surface area contributed by atoms with Crippen molar-refractivity contribution in [3.63, 3.8) is 0 Å². The molecule has 0 atom stereocenters. The fourth-order valence-electron chi connectivity index (χ4n) is 2.27. The van der Waals surface area contributed by atoms with Gasteiger partial charge in [-0.1, -0.05) is 0 Å². The van der Waals surface area contributed by atoms with Gasteiger partial charge in [-0.15, -0.1) is 0 Å². The van der Waals surface area contributed by atoms with Gasteiger partial charge in [-0.3, -0.25) is 0 Å². The lowest BCUT2D eigenvalue weighted by molar-refractivity contribution is 0.184. The van der Waals surface area contributed by atoms with Crippen LogP contribution in [0.15, 0.2) is 24.4 Å². The van der Waals surface area contributed by atoms with Gasteiger partial charge in [-0.2, -0.15) is 0 Å².